The number of carbonyl (C=O) groups excluding carboxylic acids is 1. The van der Waals surface area contributed by atoms with Crippen molar-refractivity contribution in [2.75, 3.05) is 19.6 Å². The van der Waals surface area contributed by atoms with Crippen LogP contribution in [0, 0.1) is 11.7 Å². The molecule has 4 nitrogen and oxygen atoms in total. The summed E-state index contributed by atoms with van der Waals surface area (Å²) < 4.78 is 18.8. The molecule has 0 aromatic heterocycles. The minimum atomic E-state index is -0.342. The van der Waals surface area contributed by atoms with E-state index in [-0.39, 0.29) is 17.8 Å². The number of benzene rings is 2. The number of amides is 1. The van der Waals surface area contributed by atoms with Crippen molar-refractivity contribution in [3.05, 3.63) is 59.9 Å². The van der Waals surface area contributed by atoms with Crippen LogP contribution >= 0.6 is 0 Å². The molecule has 2 aromatic carbocycles. The summed E-state index contributed by atoms with van der Waals surface area (Å²) in [4.78, 5) is 14.9. The van der Waals surface area contributed by atoms with E-state index in [1.165, 1.54) is 25.0 Å². The number of halogens is 1. The molecule has 0 aliphatic carbocycles. The van der Waals surface area contributed by atoms with Gasteiger partial charge in [0.2, 0.25) is 0 Å². The van der Waals surface area contributed by atoms with Crippen LogP contribution in [0.1, 0.15) is 23.2 Å². The molecule has 1 amide bonds. The molecule has 3 heterocycles. The molecule has 5 heteroatoms. The quantitative estimate of drug-likeness (QED) is 0.927. The van der Waals surface area contributed by atoms with Crippen molar-refractivity contribution in [2.45, 2.75) is 18.9 Å². The Morgan fingerprint density at radius 3 is 2.48 bits per heavy atom. The van der Waals surface area contributed by atoms with Crippen molar-refractivity contribution >= 4 is 5.91 Å². The molecule has 130 valence electrons. The highest BCUT2D eigenvalue weighted by molar-refractivity contribution is 5.94. The number of nitrogens with zero attached hydrogens (tertiary/aromatic N) is 1. The van der Waals surface area contributed by atoms with Gasteiger partial charge in [-0.15, -0.1) is 0 Å². The number of hydrogen-bond donors (Lipinski definition) is 1. The van der Waals surface area contributed by atoms with Gasteiger partial charge in [0, 0.05) is 24.2 Å². The van der Waals surface area contributed by atoms with E-state index >= 15 is 0 Å². The van der Waals surface area contributed by atoms with Crippen LogP contribution < -0.4 is 10.1 Å². The van der Waals surface area contributed by atoms with Crippen molar-refractivity contribution in [3.8, 4) is 11.5 Å². The molecule has 3 fully saturated rings. The highest BCUT2D eigenvalue weighted by Gasteiger charge is 2.34. The van der Waals surface area contributed by atoms with E-state index in [4.69, 9.17) is 4.74 Å². The minimum absolute atomic E-state index is 0.0453. The summed E-state index contributed by atoms with van der Waals surface area (Å²) in [5.74, 6) is 1.22. The molecule has 5 rings (SSSR count). The van der Waals surface area contributed by atoms with E-state index in [9.17, 15) is 9.18 Å². The Hall–Kier alpha value is -2.40. The van der Waals surface area contributed by atoms with E-state index in [0.717, 1.165) is 19.6 Å². The molecule has 0 unspecified atom stereocenters. The summed E-state index contributed by atoms with van der Waals surface area (Å²) in [6, 6.07) is 13.2. The fourth-order valence-corrected chi connectivity index (χ4v) is 3.72. The first-order valence-corrected chi connectivity index (χ1v) is 8.74. The number of nitrogens with one attached hydrogen (secondary N) is 1. The molecule has 2 bridgehead atoms. The smallest absolute Gasteiger partial charge is 0.251 e. The molecule has 3 saturated heterocycles. The van der Waals surface area contributed by atoms with E-state index < -0.39 is 0 Å². The summed E-state index contributed by atoms with van der Waals surface area (Å²) in [6.07, 6.45) is 2.34. The Labute approximate surface area is 146 Å². The highest BCUT2D eigenvalue weighted by Crippen LogP contribution is 2.28. The monoisotopic (exact) mass is 340 g/mol. The van der Waals surface area contributed by atoms with Crippen molar-refractivity contribution in [1.29, 1.82) is 0 Å². The maximum atomic E-state index is 13.2. The van der Waals surface area contributed by atoms with Crippen LogP contribution in [0.15, 0.2) is 48.5 Å². The molecule has 1 N–H and O–H groups in total. The van der Waals surface area contributed by atoms with Gasteiger partial charge >= 0.3 is 0 Å². The molecule has 25 heavy (non-hydrogen) atoms. The van der Waals surface area contributed by atoms with E-state index in [0.29, 0.717) is 23.0 Å². The zero-order valence-electron chi connectivity index (χ0n) is 14.0. The second kappa shape index (κ2) is 6.84. The fourth-order valence-electron chi connectivity index (χ4n) is 3.72. The highest BCUT2D eigenvalue weighted by atomic mass is 19.1. The molecular formula is C20H21FN2O2. The summed E-state index contributed by atoms with van der Waals surface area (Å²) >= 11 is 0. The number of ether oxygens (including phenoxy) is 1. The van der Waals surface area contributed by atoms with Gasteiger partial charge in [-0.05, 0) is 68.2 Å². The maximum absolute atomic E-state index is 13.2. The SMILES string of the molecule is O=C(N[C@H]1CN2CCC1CC2)c1ccc(Oc2cccc(F)c2)cc1. The van der Waals surface area contributed by atoms with Crippen LogP contribution in [0.4, 0.5) is 4.39 Å². The number of piperidine rings is 3. The van der Waals surface area contributed by atoms with Crippen molar-refractivity contribution < 1.29 is 13.9 Å². The third kappa shape index (κ3) is 3.66. The van der Waals surface area contributed by atoms with Gasteiger partial charge in [-0.2, -0.15) is 0 Å². The molecule has 3 aliphatic rings. The van der Waals surface area contributed by atoms with Gasteiger partial charge in [0.1, 0.15) is 17.3 Å². The van der Waals surface area contributed by atoms with Gasteiger partial charge in [-0.1, -0.05) is 6.07 Å². The van der Waals surface area contributed by atoms with E-state index in [2.05, 4.69) is 10.2 Å². The van der Waals surface area contributed by atoms with E-state index in [1.54, 1.807) is 36.4 Å². The predicted octanol–water partition coefficient (Wildman–Crippen LogP) is 3.44. The normalized spacial score (nSPS) is 24.8. The lowest BCUT2D eigenvalue weighted by molar-refractivity contribution is 0.0620. The first-order chi connectivity index (χ1) is 12.2. The largest absolute Gasteiger partial charge is 0.457 e. The maximum Gasteiger partial charge on any atom is 0.251 e. The van der Waals surface area contributed by atoms with Gasteiger partial charge < -0.3 is 15.0 Å². The van der Waals surface area contributed by atoms with Crippen LogP contribution in [0.25, 0.3) is 0 Å². The number of fused-ring (bicyclic) bond motifs is 3. The molecule has 0 saturated carbocycles. The fraction of sp³-hybridized carbons (Fsp3) is 0.350. The zero-order valence-corrected chi connectivity index (χ0v) is 14.0. The summed E-state index contributed by atoms with van der Waals surface area (Å²) in [5.41, 5.74) is 0.614. The number of rotatable bonds is 4. The number of hydrogen-bond acceptors (Lipinski definition) is 3. The Kier molecular flexibility index (Phi) is 4.40. The summed E-state index contributed by atoms with van der Waals surface area (Å²) in [6.45, 7) is 3.27. The van der Waals surface area contributed by atoms with Gasteiger partial charge in [0.15, 0.2) is 0 Å². The van der Waals surface area contributed by atoms with Crippen molar-refractivity contribution in [2.24, 2.45) is 5.92 Å². The van der Waals surface area contributed by atoms with Gasteiger partial charge in [-0.25, -0.2) is 4.39 Å². The van der Waals surface area contributed by atoms with Crippen molar-refractivity contribution in [3.63, 3.8) is 0 Å². The molecule has 0 radical (unpaired) electrons. The Morgan fingerprint density at radius 1 is 1.08 bits per heavy atom. The Bertz CT molecular complexity index is 755. The molecule has 1 atom stereocenters. The lowest BCUT2D eigenvalue weighted by Crippen LogP contribution is -2.57. The average Bonchev–Trinajstić information content (AvgIpc) is 2.63. The molecule has 0 spiro atoms. The minimum Gasteiger partial charge on any atom is -0.457 e. The lowest BCUT2D eigenvalue weighted by Gasteiger charge is -2.44. The second-order valence-electron chi connectivity index (χ2n) is 6.80. The number of carbonyl (C=O) groups is 1. The van der Waals surface area contributed by atoms with Crippen molar-refractivity contribution in [1.82, 2.24) is 10.2 Å². The topological polar surface area (TPSA) is 41.6 Å². The first-order valence-electron chi connectivity index (χ1n) is 8.74. The first kappa shape index (κ1) is 16.1. The van der Waals surface area contributed by atoms with Crippen LogP contribution in [0.3, 0.4) is 0 Å². The average molecular weight is 340 g/mol. The Morgan fingerprint density at radius 2 is 1.84 bits per heavy atom. The van der Waals surface area contributed by atoms with Crippen LogP contribution in [0.2, 0.25) is 0 Å². The Balaban J connectivity index is 1.39. The standard InChI is InChI=1S/C20H21FN2O2/c21-16-2-1-3-18(12-16)25-17-6-4-15(5-7-17)20(24)22-19-13-23-10-8-14(19)9-11-23/h1-7,12,14,19H,8-11,13H2,(H,22,24)/t19-/m0/s1. The molecule has 3 aliphatic heterocycles. The van der Waals surface area contributed by atoms with Gasteiger partial charge in [0.25, 0.3) is 5.91 Å². The molecule has 2 aromatic rings. The third-order valence-corrected chi connectivity index (χ3v) is 5.12. The summed E-state index contributed by atoms with van der Waals surface area (Å²) in [5, 5.41) is 3.17. The van der Waals surface area contributed by atoms with E-state index in [1.807, 2.05) is 0 Å². The molecular weight excluding hydrogens is 319 g/mol. The van der Waals surface area contributed by atoms with Gasteiger partial charge in [-0.3, -0.25) is 4.79 Å². The second-order valence-corrected chi connectivity index (χ2v) is 6.80. The zero-order chi connectivity index (χ0) is 17.2. The lowest BCUT2D eigenvalue weighted by atomic mass is 9.84. The predicted molar refractivity (Wildman–Crippen MR) is 93.3 cm³/mol. The summed E-state index contributed by atoms with van der Waals surface area (Å²) in [7, 11) is 0. The van der Waals surface area contributed by atoms with Crippen LogP contribution in [-0.4, -0.2) is 36.5 Å². The van der Waals surface area contributed by atoms with Crippen LogP contribution in [0.5, 0.6) is 11.5 Å². The third-order valence-electron chi connectivity index (χ3n) is 5.12. The van der Waals surface area contributed by atoms with Crippen LogP contribution in [-0.2, 0) is 0 Å². The van der Waals surface area contributed by atoms with Gasteiger partial charge in [0.05, 0.1) is 0 Å².